The fraction of sp³-hybridized carbons (Fsp3) is 1.00. The lowest BCUT2D eigenvalue weighted by atomic mass is 11.8. The van der Waals surface area contributed by atoms with Gasteiger partial charge in [0, 0.05) is 0 Å². The predicted molar refractivity (Wildman–Crippen MR) is 29.2 cm³/mol. The van der Waals surface area contributed by atoms with E-state index in [-0.39, 0.29) is 0 Å². The van der Waals surface area contributed by atoms with E-state index in [1.54, 1.807) is 6.55 Å². The maximum Gasteiger partial charge on any atom is 0.393 e. The second-order valence-electron chi connectivity index (χ2n) is 1.09. The second-order valence-corrected chi connectivity index (χ2v) is 2.61. The van der Waals surface area contributed by atoms with Gasteiger partial charge >= 0.3 is 9.28 Å². The molecule has 0 aromatic carbocycles. The smallest absolute Gasteiger partial charge is 0.253 e. The molecule has 0 atom stereocenters. The molecule has 4 nitrogen and oxygen atoms in total. The summed E-state index contributed by atoms with van der Waals surface area (Å²) in [7, 11) is 1.22. The largest absolute Gasteiger partial charge is 0.393 e. The Kier molecular flexibility index (Phi) is 5.24. The quantitative estimate of drug-likeness (QED) is 0.311. The van der Waals surface area contributed by atoms with Crippen LogP contribution in [0.25, 0.3) is 0 Å². The first-order valence-electron chi connectivity index (χ1n) is 2.20. The van der Waals surface area contributed by atoms with Crippen molar-refractivity contribution in [3.63, 3.8) is 0 Å². The highest BCUT2D eigenvalue weighted by Crippen LogP contribution is 1.86. The maximum absolute atomic E-state index is 4.57. The molecule has 0 radical (unpaired) electrons. The van der Waals surface area contributed by atoms with Crippen LogP contribution in [0.4, 0.5) is 0 Å². The minimum atomic E-state index is -1.65. The first-order chi connectivity index (χ1) is 3.81. The van der Waals surface area contributed by atoms with Crippen LogP contribution in [0, 0.1) is 0 Å². The molecule has 5 heteroatoms. The fourth-order valence-corrected chi connectivity index (χ4v) is 0.861. The third-order valence-electron chi connectivity index (χ3n) is 0.463. The summed E-state index contributed by atoms with van der Waals surface area (Å²) in [4.78, 5) is 8.63. The van der Waals surface area contributed by atoms with Crippen molar-refractivity contribution < 1.29 is 18.9 Å². The van der Waals surface area contributed by atoms with Gasteiger partial charge in [-0.1, -0.05) is 0 Å². The molecule has 0 unspecified atom stereocenters. The Morgan fingerprint density at radius 1 is 1.00 bits per heavy atom. The second kappa shape index (κ2) is 5.20. The molecule has 0 rings (SSSR count). The van der Waals surface area contributed by atoms with E-state index in [0.29, 0.717) is 0 Å². The van der Waals surface area contributed by atoms with Gasteiger partial charge in [0.2, 0.25) is 0 Å². The van der Waals surface area contributed by atoms with Crippen LogP contribution in [0.15, 0.2) is 0 Å². The molecule has 0 saturated heterocycles. The molecule has 0 aliphatic heterocycles. The summed E-state index contributed by atoms with van der Waals surface area (Å²) in [6, 6.07) is 0. The summed E-state index contributed by atoms with van der Waals surface area (Å²) in [6.07, 6.45) is 0. The van der Waals surface area contributed by atoms with E-state index in [1.165, 1.54) is 14.2 Å². The Morgan fingerprint density at radius 2 is 1.38 bits per heavy atom. The minimum Gasteiger partial charge on any atom is -0.253 e. The SMILES string of the molecule is COO[SiH](C)OOC. The Morgan fingerprint density at radius 3 is 1.62 bits per heavy atom. The molecule has 0 aromatic rings. The van der Waals surface area contributed by atoms with Gasteiger partial charge in [-0.3, -0.25) is 9.15 Å². The van der Waals surface area contributed by atoms with Gasteiger partial charge in [0.15, 0.2) is 0 Å². The van der Waals surface area contributed by atoms with Crippen LogP contribution in [0.2, 0.25) is 6.55 Å². The zero-order valence-electron chi connectivity index (χ0n) is 5.21. The van der Waals surface area contributed by atoms with Crippen LogP contribution in [-0.2, 0) is 18.9 Å². The Balaban J connectivity index is 2.92. The molecule has 0 bridgehead atoms. The summed E-state index contributed by atoms with van der Waals surface area (Å²) in [5, 5.41) is 0. The first-order valence-corrected chi connectivity index (χ1v) is 4.30. The summed E-state index contributed by atoms with van der Waals surface area (Å²) < 4.78 is 9.15. The summed E-state index contributed by atoms with van der Waals surface area (Å²) in [5.41, 5.74) is 0. The van der Waals surface area contributed by atoms with Gasteiger partial charge in [0.05, 0.1) is 14.2 Å². The molecule has 0 saturated carbocycles. The van der Waals surface area contributed by atoms with Gasteiger partial charge in [-0.25, -0.2) is 9.78 Å². The molecular formula is C3H10O4Si. The van der Waals surface area contributed by atoms with Crippen LogP contribution >= 0.6 is 0 Å². The molecule has 0 aliphatic carbocycles. The van der Waals surface area contributed by atoms with E-state index in [9.17, 15) is 0 Å². The van der Waals surface area contributed by atoms with E-state index in [2.05, 4.69) is 18.9 Å². The van der Waals surface area contributed by atoms with Gasteiger partial charge in [-0.05, 0) is 6.55 Å². The number of rotatable bonds is 4. The lowest BCUT2D eigenvalue weighted by Gasteiger charge is -2.04. The van der Waals surface area contributed by atoms with Crippen LogP contribution in [0.3, 0.4) is 0 Å². The van der Waals surface area contributed by atoms with E-state index in [4.69, 9.17) is 0 Å². The third kappa shape index (κ3) is 4.22. The standard InChI is InChI=1S/C3H10O4Si/c1-4-6-8(3)7-5-2/h8H,1-3H3. The van der Waals surface area contributed by atoms with Gasteiger partial charge in [0.25, 0.3) is 0 Å². The molecule has 0 aromatic heterocycles. The lowest BCUT2D eigenvalue weighted by Crippen LogP contribution is -2.16. The summed E-state index contributed by atoms with van der Waals surface area (Å²) in [6.45, 7) is 1.78. The zero-order valence-corrected chi connectivity index (χ0v) is 6.37. The molecule has 0 aliphatic rings. The Hall–Kier alpha value is 0.0569. The monoisotopic (exact) mass is 138 g/mol. The number of hydrogen-bond donors (Lipinski definition) is 0. The van der Waals surface area contributed by atoms with E-state index >= 15 is 0 Å². The van der Waals surface area contributed by atoms with Gasteiger partial charge < -0.3 is 0 Å². The average Bonchev–Trinajstić information content (AvgIpc) is 1.68. The molecule has 8 heavy (non-hydrogen) atoms. The number of hydrogen-bond acceptors (Lipinski definition) is 4. The molecule has 0 heterocycles. The van der Waals surface area contributed by atoms with Crippen molar-refractivity contribution in [2.45, 2.75) is 6.55 Å². The summed E-state index contributed by atoms with van der Waals surface area (Å²) >= 11 is 0. The highest BCUT2D eigenvalue weighted by Gasteiger charge is 2.04. The Labute approximate surface area is 50.0 Å². The van der Waals surface area contributed by atoms with Gasteiger partial charge in [-0.2, -0.15) is 0 Å². The molecule has 0 N–H and O–H groups in total. The molecule has 0 fully saturated rings. The highest BCUT2D eigenvalue weighted by molar-refractivity contribution is 6.41. The van der Waals surface area contributed by atoms with Crippen molar-refractivity contribution >= 4 is 9.28 Å². The zero-order chi connectivity index (χ0) is 6.41. The van der Waals surface area contributed by atoms with Gasteiger partial charge in [-0.15, -0.1) is 0 Å². The average molecular weight is 138 g/mol. The first kappa shape index (κ1) is 8.06. The minimum absolute atomic E-state index is 1.43. The van der Waals surface area contributed by atoms with E-state index in [1.807, 2.05) is 0 Å². The van der Waals surface area contributed by atoms with Crippen LogP contribution in [0.1, 0.15) is 0 Å². The maximum atomic E-state index is 4.57. The molecule has 50 valence electrons. The van der Waals surface area contributed by atoms with Crippen molar-refractivity contribution in [2.75, 3.05) is 14.2 Å². The topological polar surface area (TPSA) is 36.9 Å². The summed E-state index contributed by atoms with van der Waals surface area (Å²) in [5.74, 6) is 0. The van der Waals surface area contributed by atoms with Crippen LogP contribution < -0.4 is 0 Å². The van der Waals surface area contributed by atoms with E-state index in [0.717, 1.165) is 0 Å². The highest BCUT2D eigenvalue weighted by atomic mass is 28.3. The van der Waals surface area contributed by atoms with Crippen molar-refractivity contribution in [1.82, 2.24) is 0 Å². The fourth-order valence-electron chi connectivity index (χ4n) is 0.287. The van der Waals surface area contributed by atoms with Crippen LogP contribution in [0.5, 0.6) is 0 Å². The molecule has 0 spiro atoms. The van der Waals surface area contributed by atoms with Gasteiger partial charge in [0.1, 0.15) is 0 Å². The van der Waals surface area contributed by atoms with E-state index < -0.39 is 9.28 Å². The third-order valence-corrected chi connectivity index (χ3v) is 1.39. The van der Waals surface area contributed by atoms with Crippen molar-refractivity contribution in [2.24, 2.45) is 0 Å². The van der Waals surface area contributed by atoms with Crippen molar-refractivity contribution in [3.05, 3.63) is 0 Å². The lowest BCUT2D eigenvalue weighted by molar-refractivity contribution is -0.257. The van der Waals surface area contributed by atoms with Crippen LogP contribution in [-0.4, -0.2) is 23.5 Å². The normalized spacial score (nSPS) is 10.5. The van der Waals surface area contributed by atoms with Crippen molar-refractivity contribution in [3.8, 4) is 0 Å². The predicted octanol–water partition coefficient (Wildman–Crippen LogP) is -0.00730. The molecule has 0 amide bonds. The molecular weight excluding hydrogens is 128 g/mol. The van der Waals surface area contributed by atoms with Crippen molar-refractivity contribution in [1.29, 1.82) is 0 Å². The Bertz CT molecular complexity index is 44.5.